The molecule has 1 unspecified atom stereocenters. The third-order valence-corrected chi connectivity index (χ3v) is 4.64. The Balaban J connectivity index is 2.02. The molecule has 0 spiro atoms. The molecule has 0 aliphatic carbocycles. The summed E-state index contributed by atoms with van der Waals surface area (Å²) in [6, 6.07) is 12.8. The molecule has 0 saturated carbocycles. The third-order valence-electron chi connectivity index (χ3n) is 2.77. The summed E-state index contributed by atoms with van der Waals surface area (Å²) in [6.07, 6.45) is 0. The number of hydrogen-bond acceptors (Lipinski definition) is 3. The van der Waals surface area contributed by atoms with Gasteiger partial charge in [-0.25, -0.2) is 0 Å². The fraction of sp³-hybridized carbons (Fsp3) is 0.133. The van der Waals surface area contributed by atoms with Gasteiger partial charge in [-0.1, -0.05) is 27.5 Å². The SMILES string of the molecule is CC(Sc1ccc(Br)cc1)C(=O)Nc1cc(Cl)ccc1N. The van der Waals surface area contributed by atoms with E-state index in [1.165, 1.54) is 11.8 Å². The smallest absolute Gasteiger partial charge is 0.237 e. The maximum atomic E-state index is 12.2. The molecule has 0 bridgehead atoms. The lowest BCUT2D eigenvalue weighted by Crippen LogP contribution is -2.22. The van der Waals surface area contributed by atoms with Crippen molar-refractivity contribution in [2.45, 2.75) is 17.1 Å². The molecule has 0 saturated heterocycles. The first-order chi connectivity index (χ1) is 9.95. The van der Waals surface area contributed by atoms with E-state index < -0.39 is 0 Å². The molecule has 3 nitrogen and oxygen atoms in total. The summed E-state index contributed by atoms with van der Waals surface area (Å²) in [7, 11) is 0. The van der Waals surface area contributed by atoms with Gasteiger partial charge < -0.3 is 11.1 Å². The first kappa shape index (κ1) is 16.2. The number of carbonyl (C=O) groups is 1. The summed E-state index contributed by atoms with van der Waals surface area (Å²) in [6.45, 7) is 1.85. The maximum Gasteiger partial charge on any atom is 0.237 e. The van der Waals surface area contributed by atoms with Crippen LogP contribution in [-0.2, 0) is 4.79 Å². The van der Waals surface area contributed by atoms with Gasteiger partial charge in [-0.15, -0.1) is 11.8 Å². The number of rotatable bonds is 4. The molecular formula is C15H14BrClN2OS. The van der Waals surface area contributed by atoms with Crippen LogP contribution in [0.3, 0.4) is 0 Å². The highest BCUT2D eigenvalue weighted by Gasteiger charge is 2.15. The van der Waals surface area contributed by atoms with Gasteiger partial charge in [0.15, 0.2) is 0 Å². The summed E-state index contributed by atoms with van der Waals surface area (Å²) in [5, 5.41) is 3.09. The van der Waals surface area contributed by atoms with E-state index in [9.17, 15) is 4.79 Å². The van der Waals surface area contributed by atoms with Crippen LogP contribution in [0.15, 0.2) is 51.8 Å². The van der Waals surface area contributed by atoms with Crippen LogP contribution in [0.25, 0.3) is 0 Å². The summed E-state index contributed by atoms with van der Waals surface area (Å²) >= 11 is 10.8. The lowest BCUT2D eigenvalue weighted by atomic mass is 10.2. The molecule has 0 fully saturated rings. The van der Waals surface area contributed by atoms with E-state index >= 15 is 0 Å². The van der Waals surface area contributed by atoms with Crippen molar-refractivity contribution in [3.8, 4) is 0 Å². The van der Waals surface area contributed by atoms with Crippen LogP contribution in [0.1, 0.15) is 6.92 Å². The Labute approximate surface area is 141 Å². The van der Waals surface area contributed by atoms with Crippen LogP contribution in [-0.4, -0.2) is 11.2 Å². The first-order valence-electron chi connectivity index (χ1n) is 6.24. The molecular weight excluding hydrogens is 372 g/mol. The van der Waals surface area contributed by atoms with E-state index in [-0.39, 0.29) is 11.2 Å². The highest BCUT2D eigenvalue weighted by Crippen LogP contribution is 2.27. The quantitative estimate of drug-likeness (QED) is 0.587. The second-order valence-corrected chi connectivity index (χ2v) is 7.20. The average Bonchev–Trinajstić information content (AvgIpc) is 2.45. The van der Waals surface area contributed by atoms with Crippen molar-refractivity contribution in [3.63, 3.8) is 0 Å². The van der Waals surface area contributed by atoms with Crippen LogP contribution in [0.5, 0.6) is 0 Å². The lowest BCUT2D eigenvalue weighted by Gasteiger charge is -2.13. The second kappa shape index (κ2) is 7.20. The minimum absolute atomic E-state index is 0.114. The van der Waals surface area contributed by atoms with Crippen molar-refractivity contribution in [2.24, 2.45) is 0 Å². The number of halogens is 2. The van der Waals surface area contributed by atoms with Crippen LogP contribution >= 0.6 is 39.3 Å². The Morgan fingerprint density at radius 1 is 1.29 bits per heavy atom. The fourth-order valence-corrected chi connectivity index (χ4v) is 2.95. The van der Waals surface area contributed by atoms with Crippen LogP contribution in [0.4, 0.5) is 11.4 Å². The first-order valence-corrected chi connectivity index (χ1v) is 8.29. The molecule has 6 heteroatoms. The van der Waals surface area contributed by atoms with E-state index in [2.05, 4.69) is 21.2 Å². The number of amides is 1. The van der Waals surface area contributed by atoms with Crippen molar-refractivity contribution >= 4 is 56.6 Å². The molecule has 110 valence electrons. The van der Waals surface area contributed by atoms with Gasteiger partial charge in [0.1, 0.15) is 0 Å². The van der Waals surface area contributed by atoms with Gasteiger partial charge in [-0.05, 0) is 49.4 Å². The highest BCUT2D eigenvalue weighted by molar-refractivity contribution is 9.10. The standard InChI is InChI=1S/C15H14BrClN2OS/c1-9(21-12-5-2-10(16)3-6-12)15(20)19-14-8-11(17)4-7-13(14)18/h2-9H,18H2,1H3,(H,19,20). The van der Waals surface area contributed by atoms with E-state index in [0.717, 1.165) is 9.37 Å². The molecule has 1 atom stereocenters. The Morgan fingerprint density at radius 2 is 1.95 bits per heavy atom. The summed E-state index contributed by atoms with van der Waals surface area (Å²) in [4.78, 5) is 13.2. The highest BCUT2D eigenvalue weighted by atomic mass is 79.9. The van der Waals surface area contributed by atoms with Gasteiger partial charge >= 0.3 is 0 Å². The van der Waals surface area contributed by atoms with Gasteiger partial charge in [0.05, 0.1) is 16.6 Å². The molecule has 0 aliphatic heterocycles. The number of carbonyl (C=O) groups excluding carboxylic acids is 1. The van der Waals surface area contributed by atoms with Crippen LogP contribution in [0.2, 0.25) is 5.02 Å². The number of anilines is 2. The maximum absolute atomic E-state index is 12.2. The monoisotopic (exact) mass is 384 g/mol. The average molecular weight is 386 g/mol. The Bertz CT molecular complexity index is 649. The van der Waals surface area contributed by atoms with E-state index in [1.54, 1.807) is 18.2 Å². The van der Waals surface area contributed by atoms with E-state index in [4.69, 9.17) is 17.3 Å². The van der Waals surface area contributed by atoms with Crippen molar-refractivity contribution in [2.75, 3.05) is 11.1 Å². The van der Waals surface area contributed by atoms with E-state index in [0.29, 0.717) is 16.4 Å². The molecule has 1 amide bonds. The molecule has 21 heavy (non-hydrogen) atoms. The Kier molecular flexibility index (Phi) is 5.56. The Morgan fingerprint density at radius 3 is 2.62 bits per heavy atom. The summed E-state index contributed by atoms with van der Waals surface area (Å²) in [5.41, 5.74) is 6.85. The van der Waals surface area contributed by atoms with Crippen molar-refractivity contribution in [3.05, 3.63) is 52.0 Å². The predicted octanol–water partition coefficient (Wildman–Crippen LogP) is 4.80. The molecule has 2 aromatic carbocycles. The zero-order valence-corrected chi connectivity index (χ0v) is 14.4. The van der Waals surface area contributed by atoms with Crippen molar-refractivity contribution < 1.29 is 4.79 Å². The number of nitrogens with two attached hydrogens (primary N) is 1. The molecule has 2 rings (SSSR count). The zero-order chi connectivity index (χ0) is 15.4. The normalized spacial score (nSPS) is 12.0. The lowest BCUT2D eigenvalue weighted by molar-refractivity contribution is -0.115. The molecule has 0 radical (unpaired) electrons. The van der Waals surface area contributed by atoms with Crippen molar-refractivity contribution in [1.82, 2.24) is 0 Å². The summed E-state index contributed by atoms with van der Waals surface area (Å²) < 4.78 is 1.01. The topological polar surface area (TPSA) is 55.1 Å². The number of benzene rings is 2. The van der Waals surface area contributed by atoms with E-state index in [1.807, 2.05) is 31.2 Å². The van der Waals surface area contributed by atoms with Gasteiger partial charge in [0, 0.05) is 14.4 Å². The van der Waals surface area contributed by atoms with Crippen LogP contribution in [0, 0.1) is 0 Å². The van der Waals surface area contributed by atoms with Crippen molar-refractivity contribution in [1.29, 1.82) is 0 Å². The zero-order valence-electron chi connectivity index (χ0n) is 11.3. The molecule has 0 aliphatic rings. The predicted molar refractivity (Wildman–Crippen MR) is 94.0 cm³/mol. The third kappa shape index (κ3) is 4.66. The molecule has 0 heterocycles. The molecule has 3 N–H and O–H groups in total. The summed E-state index contributed by atoms with van der Waals surface area (Å²) in [5.74, 6) is -0.114. The second-order valence-electron chi connectivity index (χ2n) is 4.43. The van der Waals surface area contributed by atoms with Gasteiger partial charge in [0.25, 0.3) is 0 Å². The number of nitrogen functional groups attached to an aromatic ring is 1. The fourth-order valence-electron chi connectivity index (χ4n) is 1.64. The van der Waals surface area contributed by atoms with Gasteiger partial charge in [-0.2, -0.15) is 0 Å². The number of thioether (sulfide) groups is 1. The van der Waals surface area contributed by atoms with Gasteiger partial charge in [-0.3, -0.25) is 4.79 Å². The number of hydrogen-bond donors (Lipinski definition) is 2. The largest absolute Gasteiger partial charge is 0.397 e. The number of nitrogens with one attached hydrogen (secondary N) is 1. The minimum Gasteiger partial charge on any atom is -0.397 e. The minimum atomic E-state index is -0.246. The molecule has 2 aromatic rings. The van der Waals surface area contributed by atoms with Gasteiger partial charge in [0.2, 0.25) is 5.91 Å². The molecule has 0 aromatic heterocycles. The van der Waals surface area contributed by atoms with Crippen LogP contribution < -0.4 is 11.1 Å². The Hall–Kier alpha value is -1.17.